The fourth-order valence-corrected chi connectivity index (χ4v) is 4.83. The van der Waals surface area contributed by atoms with E-state index < -0.39 is 6.04 Å². The molecular formula is C31H26Cl2N8O3. The van der Waals surface area contributed by atoms with Crippen molar-refractivity contribution in [1.29, 1.82) is 0 Å². The summed E-state index contributed by atoms with van der Waals surface area (Å²) in [5, 5.41) is 23.5. The zero-order valence-electron chi connectivity index (χ0n) is 23.4. The Labute approximate surface area is 262 Å². The van der Waals surface area contributed by atoms with Crippen LogP contribution in [0.25, 0.3) is 22.9 Å². The Hall–Kier alpha value is -5.13. The summed E-state index contributed by atoms with van der Waals surface area (Å²) >= 11 is 12.7. The molecule has 1 atom stereocenters. The minimum Gasteiger partial charge on any atom is -0.469 e. The van der Waals surface area contributed by atoms with Crippen molar-refractivity contribution in [1.82, 2.24) is 35.7 Å². The van der Waals surface area contributed by atoms with Crippen molar-refractivity contribution < 1.29 is 14.3 Å². The number of benzene rings is 3. The summed E-state index contributed by atoms with van der Waals surface area (Å²) in [5.74, 6) is -0.709. The predicted octanol–water partition coefficient (Wildman–Crippen LogP) is 4.84. The summed E-state index contributed by atoms with van der Waals surface area (Å²) in [4.78, 5) is 24.9. The van der Waals surface area contributed by atoms with E-state index in [9.17, 15) is 9.59 Å². The highest BCUT2D eigenvalue weighted by molar-refractivity contribution is 6.32. The van der Waals surface area contributed by atoms with Gasteiger partial charge in [0.15, 0.2) is 5.15 Å². The maximum absolute atomic E-state index is 13.3. The summed E-state index contributed by atoms with van der Waals surface area (Å²) in [6.45, 7) is 0. The van der Waals surface area contributed by atoms with Gasteiger partial charge < -0.3 is 15.8 Å². The fraction of sp³-hybridized carbons (Fsp3) is 0.129. The van der Waals surface area contributed by atoms with E-state index in [1.807, 2.05) is 36.4 Å². The molecule has 2 aromatic heterocycles. The zero-order valence-corrected chi connectivity index (χ0v) is 24.9. The standard InChI is InChI=1S/C31H26Cl2N8O3/c1-44-30(43)15-20-2-6-21(7-3-20)25-17-27(37-38-31(25)33)26(14-19-4-10-24(34)11-5-19)36-29(42)13-8-22-16-23(32)9-12-28(22)41-18-35-39-40-41/h2-13,16-18,26H,14-15,34H2,1H3,(H,36,42)/b13-8+/t26-/m0/s1. The SMILES string of the molecule is COC(=O)Cc1ccc(-c2cc([C@H](Cc3ccc(N)cc3)NC(=O)/C=C/c3cc(Cl)ccc3-n3cnnn3)nnc2Cl)cc1. The molecule has 5 rings (SSSR count). The fourth-order valence-electron chi connectivity index (χ4n) is 4.45. The molecule has 13 heteroatoms. The van der Waals surface area contributed by atoms with E-state index in [1.165, 1.54) is 24.2 Å². The molecule has 0 aliphatic rings. The lowest BCUT2D eigenvalue weighted by atomic mass is 9.99. The van der Waals surface area contributed by atoms with Crippen molar-refractivity contribution in [3.8, 4) is 16.8 Å². The number of carbonyl (C=O) groups excluding carboxylic acids is 2. The molecule has 3 aromatic carbocycles. The van der Waals surface area contributed by atoms with Crippen molar-refractivity contribution in [2.24, 2.45) is 0 Å². The average molecular weight is 630 g/mol. The average Bonchev–Trinajstić information content (AvgIpc) is 3.56. The van der Waals surface area contributed by atoms with Crippen molar-refractivity contribution >= 4 is 46.8 Å². The van der Waals surface area contributed by atoms with E-state index in [2.05, 4.69) is 31.0 Å². The molecule has 0 radical (unpaired) electrons. The van der Waals surface area contributed by atoms with Crippen LogP contribution in [-0.4, -0.2) is 49.4 Å². The number of nitrogens with two attached hydrogens (primary N) is 1. The summed E-state index contributed by atoms with van der Waals surface area (Å²) in [6.07, 6.45) is 5.04. The van der Waals surface area contributed by atoms with Crippen LogP contribution in [0.15, 0.2) is 85.2 Å². The Morgan fingerprint density at radius 3 is 2.45 bits per heavy atom. The number of ether oxygens (including phenoxy) is 1. The Morgan fingerprint density at radius 2 is 1.75 bits per heavy atom. The van der Waals surface area contributed by atoms with E-state index in [-0.39, 0.29) is 23.5 Å². The Kier molecular flexibility index (Phi) is 9.58. The van der Waals surface area contributed by atoms with Gasteiger partial charge in [-0.15, -0.1) is 10.2 Å². The molecule has 0 aliphatic carbocycles. The van der Waals surface area contributed by atoms with Gasteiger partial charge in [-0.3, -0.25) is 9.59 Å². The van der Waals surface area contributed by atoms with Gasteiger partial charge in [-0.1, -0.05) is 59.6 Å². The smallest absolute Gasteiger partial charge is 0.309 e. The molecule has 5 aromatic rings. The third-order valence-corrected chi connectivity index (χ3v) is 7.22. The first-order valence-corrected chi connectivity index (χ1v) is 14.1. The number of halogens is 2. The predicted molar refractivity (Wildman–Crippen MR) is 167 cm³/mol. The summed E-state index contributed by atoms with van der Waals surface area (Å²) in [7, 11) is 1.35. The highest BCUT2D eigenvalue weighted by Crippen LogP contribution is 2.29. The largest absolute Gasteiger partial charge is 0.469 e. The number of nitrogens with zero attached hydrogens (tertiary/aromatic N) is 6. The van der Waals surface area contributed by atoms with Crippen LogP contribution in [0, 0.1) is 0 Å². The molecule has 0 unspecified atom stereocenters. The minimum absolute atomic E-state index is 0.153. The maximum Gasteiger partial charge on any atom is 0.309 e. The molecule has 0 saturated carbocycles. The number of nitrogen functional groups attached to an aromatic ring is 1. The van der Waals surface area contributed by atoms with Crippen LogP contribution in [0.5, 0.6) is 0 Å². The van der Waals surface area contributed by atoms with Crippen molar-refractivity contribution in [2.75, 3.05) is 12.8 Å². The molecule has 1 amide bonds. The van der Waals surface area contributed by atoms with E-state index >= 15 is 0 Å². The number of amides is 1. The number of esters is 1. The van der Waals surface area contributed by atoms with E-state index in [1.54, 1.807) is 42.5 Å². The van der Waals surface area contributed by atoms with Gasteiger partial charge in [-0.25, -0.2) is 0 Å². The Bertz CT molecular complexity index is 1790. The first-order chi connectivity index (χ1) is 21.3. The van der Waals surface area contributed by atoms with Crippen LogP contribution >= 0.6 is 23.2 Å². The number of methoxy groups -OCH3 is 1. The molecule has 44 heavy (non-hydrogen) atoms. The topological polar surface area (TPSA) is 151 Å². The summed E-state index contributed by atoms with van der Waals surface area (Å²) in [5.41, 5.74) is 11.4. The number of hydrogen-bond acceptors (Lipinski definition) is 9. The Morgan fingerprint density at radius 1 is 1.00 bits per heavy atom. The van der Waals surface area contributed by atoms with Gasteiger partial charge in [0.05, 0.1) is 31.0 Å². The molecule has 2 heterocycles. The molecular weight excluding hydrogens is 603 g/mol. The van der Waals surface area contributed by atoms with Gasteiger partial charge >= 0.3 is 5.97 Å². The summed E-state index contributed by atoms with van der Waals surface area (Å²) < 4.78 is 6.23. The summed E-state index contributed by atoms with van der Waals surface area (Å²) in [6, 6.07) is 21.1. The van der Waals surface area contributed by atoms with Crippen molar-refractivity contribution in [2.45, 2.75) is 18.9 Å². The lowest BCUT2D eigenvalue weighted by Crippen LogP contribution is -2.29. The van der Waals surface area contributed by atoms with Gasteiger partial charge in [0, 0.05) is 27.9 Å². The monoisotopic (exact) mass is 628 g/mol. The number of anilines is 1. The van der Waals surface area contributed by atoms with Crippen molar-refractivity contribution in [3.05, 3.63) is 118 Å². The third-order valence-electron chi connectivity index (χ3n) is 6.70. The van der Waals surface area contributed by atoms with Gasteiger partial charge in [0.1, 0.15) is 6.33 Å². The second-order valence-electron chi connectivity index (χ2n) is 9.72. The lowest BCUT2D eigenvalue weighted by molar-refractivity contribution is -0.139. The quantitative estimate of drug-likeness (QED) is 0.126. The van der Waals surface area contributed by atoms with Gasteiger partial charge in [-0.2, -0.15) is 9.78 Å². The molecule has 0 saturated heterocycles. The normalized spacial score (nSPS) is 11.8. The first kappa shape index (κ1) is 30.3. The second-order valence-corrected chi connectivity index (χ2v) is 10.5. The first-order valence-electron chi connectivity index (χ1n) is 13.3. The van der Waals surface area contributed by atoms with Crippen LogP contribution in [0.3, 0.4) is 0 Å². The van der Waals surface area contributed by atoms with Crippen LogP contribution in [-0.2, 0) is 27.2 Å². The molecule has 0 bridgehead atoms. The maximum atomic E-state index is 13.3. The molecule has 0 spiro atoms. The Balaban J connectivity index is 1.43. The van der Waals surface area contributed by atoms with Gasteiger partial charge in [0.2, 0.25) is 5.91 Å². The molecule has 222 valence electrons. The van der Waals surface area contributed by atoms with E-state index in [4.69, 9.17) is 33.7 Å². The highest BCUT2D eigenvalue weighted by Gasteiger charge is 2.19. The highest BCUT2D eigenvalue weighted by atomic mass is 35.5. The number of aromatic nitrogens is 6. The van der Waals surface area contributed by atoms with E-state index in [0.717, 1.165) is 16.7 Å². The number of carbonyl (C=O) groups is 2. The molecule has 0 aliphatic heterocycles. The van der Waals surface area contributed by atoms with Crippen LogP contribution < -0.4 is 11.1 Å². The van der Waals surface area contributed by atoms with Gasteiger partial charge in [0.25, 0.3) is 0 Å². The van der Waals surface area contributed by atoms with Crippen LogP contribution in [0.4, 0.5) is 5.69 Å². The second kappa shape index (κ2) is 13.9. The number of rotatable bonds is 10. The zero-order chi connectivity index (χ0) is 31.1. The van der Waals surface area contributed by atoms with Gasteiger partial charge in [-0.05, 0) is 76.0 Å². The van der Waals surface area contributed by atoms with Crippen LogP contribution in [0.2, 0.25) is 10.2 Å². The molecule has 11 nitrogen and oxygen atoms in total. The molecule has 0 fully saturated rings. The number of nitrogens with one attached hydrogen (secondary N) is 1. The van der Waals surface area contributed by atoms with Crippen LogP contribution in [0.1, 0.15) is 28.4 Å². The third kappa shape index (κ3) is 7.63. The van der Waals surface area contributed by atoms with Crippen molar-refractivity contribution in [3.63, 3.8) is 0 Å². The number of tetrazole rings is 1. The minimum atomic E-state index is -0.573. The molecule has 3 N–H and O–H groups in total. The lowest BCUT2D eigenvalue weighted by Gasteiger charge is -2.19. The van der Waals surface area contributed by atoms with E-state index in [0.29, 0.717) is 39.6 Å². The number of hydrogen-bond donors (Lipinski definition) is 2.